The second kappa shape index (κ2) is 4.81. The third-order valence-electron chi connectivity index (χ3n) is 1.62. The Kier molecular flexibility index (Phi) is 3.99. The highest BCUT2D eigenvalue weighted by atomic mass is 127. The SMILES string of the molecule is Nc1ccc(C(=O)CCCl)c(I)c1. The van der Waals surface area contributed by atoms with Crippen molar-refractivity contribution in [2.75, 3.05) is 11.6 Å². The first-order valence-corrected chi connectivity index (χ1v) is 5.40. The molecule has 0 aliphatic carbocycles. The lowest BCUT2D eigenvalue weighted by atomic mass is 10.1. The summed E-state index contributed by atoms with van der Waals surface area (Å²) in [7, 11) is 0. The summed E-state index contributed by atoms with van der Waals surface area (Å²) < 4.78 is 0.882. The van der Waals surface area contributed by atoms with Gasteiger partial charge in [-0.05, 0) is 40.8 Å². The number of Topliss-reactive ketones (excluding diaryl/α,β-unsaturated/α-hetero) is 1. The molecule has 2 N–H and O–H groups in total. The molecule has 2 nitrogen and oxygen atoms in total. The van der Waals surface area contributed by atoms with Gasteiger partial charge in [-0.2, -0.15) is 0 Å². The molecule has 0 amide bonds. The van der Waals surface area contributed by atoms with Crippen LogP contribution in [0.1, 0.15) is 16.8 Å². The average molecular weight is 310 g/mol. The maximum absolute atomic E-state index is 11.4. The Morgan fingerprint density at radius 3 is 2.77 bits per heavy atom. The van der Waals surface area contributed by atoms with E-state index < -0.39 is 0 Å². The van der Waals surface area contributed by atoms with Crippen LogP contribution in [0.2, 0.25) is 0 Å². The molecule has 1 aromatic rings. The molecule has 1 aromatic carbocycles. The van der Waals surface area contributed by atoms with Gasteiger partial charge in [-0.1, -0.05) is 0 Å². The number of carbonyl (C=O) groups excluding carboxylic acids is 1. The fourth-order valence-electron chi connectivity index (χ4n) is 0.978. The van der Waals surface area contributed by atoms with Crippen LogP contribution in [0.25, 0.3) is 0 Å². The summed E-state index contributed by atoms with van der Waals surface area (Å²) in [6.45, 7) is 0. The summed E-state index contributed by atoms with van der Waals surface area (Å²) in [5.74, 6) is 0.429. The highest BCUT2D eigenvalue weighted by Gasteiger charge is 2.08. The molecule has 4 heteroatoms. The number of benzene rings is 1. The minimum atomic E-state index is 0.0689. The van der Waals surface area contributed by atoms with Gasteiger partial charge in [-0.15, -0.1) is 11.6 Å². The van der Waals surface area contributed by atoms with Gasteiger partial charge in [0.15, 0.2) is 5.78 Å². The van der Waals surface area contributed by atoms with Crippen LogP contribution in [0.3, 0.4) is 0 Å². The Hall–Kier alpha value is -0.290. The van der Waals surface area contributed by atoms with E-state index in [1.54, 1.807) is 18.2 Å². The van der Waals surface area contributed by atoms with Crippen molar-refractivity contribution in [1.29, 1.82) is 0 Å². The number of alkyl halides is 1. The molecule has 0 radical (unpaired) electrons. The lowest BCUT2D eigenvalue weighted by Crippen LogP contribution is -2.02. The summed E-state index contributed by atoms with van der Waals surface area (Å²) >= 11 is 7.58. The van der Waals surface area contributed by atoms with Crippen molar-refractivity contribution in [2.24, 2.45) is 0 Å². The van der Waals surface area contributed by atoms with Crippen LogP contribution in [-0.4, -0.2) is 11.7 Å². The van der Waals surface area contributed by atoms with E-state index in [4.69, 9.17) is 17.3 Å². The minimum absolute atomic E-state index is 0.0689. The predicted molar refractivity (Wildman–Crippen MR) is 63.2 cm³/mol. The fraction of sp³-hybridized carbons (Fsp3) is 0.222. The Morgan fingerprint density at radius 1 is 1.54 bits per heavy atom. The van der Waals surface area contributed by atoms with E-state index in [1.807, 2.05) is 0 Å². The normalized spacial score (nSPS) is 10.0. The molecular formula is C9H9ClINO. The maximum Gasteiger partial charge on any atom is 0.165 e. The molecule has 1 rings (SSSR count). The first kappa shape index (κ1) is 10.8. The molecule has 0 aliphatic rings. The molecule has 0 saturated carbocycles. The van der Waals surface area contributed by atoms with Crippen LogP contribution in [0.4, 0.5) is 5.69 Å². The topological polar surface area (TPSA) is 43.1 Å². The van der Waals surface area contributed by atoms with Gasteiger partial charge in [-0.3, -0.25) is 4.79 Å². The standard InChI is InChI=1S/C9H9ClINO/c10-4-3-9(13)7-2-1-6(12)5-8(7)11/h1-2,5H,3-4,12H2. The number of ketones is 1. The second-order valence-corrected chi connectivity index (χ2v) is 4.14. The first-order valence-electron chi connectivity index (χ1n) is 3.79. The van der Waals surface area contributed by atoms with Crippen LogP contribution in [-0.2, 0) is 0 Å². The number of halogens is 2. The Bertz CT molecular complexity index is 327. The highest BCUT2D eigenvalue weighted by molar-refractivity contribution is 14.1. The van der Waals surface area contributed by atoms with Gasteiger partial charge in [0.05, 0.1) is 0 Å². The van der Waals surface area contributed by atoms with Crippen LogP contribution in [0, 0.1) is 3.57 Å². The van der Waals surface area contributed by atoms with Crippen LogP contribution in [0.5, 0.6) is 0 Å². The van der Waals surface area contributed by atoms with Gasteiger partial charge >= 0.3 is 0 Å². The zero-order valence-corrected chi connectivity index (χ0v) is 9.80. The Morgan fingerprint density at radius 2 is 2.23 bits per heavy atom. The van der Waals surface area contributed by atoms with Crippen molar-refractivity contribution < 1.29 is 4.79 Å². The number of hydrogen-bond acceptors (Lipinski definition) is 2. The van der Waals surface area contributed by atoms with Gasteiger partial charge in [0.25, 0.3) is 0 Å². The van der Waals surface area contributed by atoms with E-state index in [1.165, 1.54) is 0 Å². The predicted octanol–water partition coefficient (Wildman–Crippen LogP) is 2.69. The molecule has 0 aromatic heterocycles. The van der Waals surface area contributed by atoms with Gasteiger partial charge < -0.3 is 5.73 Å². The van der Waals surface area contributed by atoms with Crippen LogP contribution >= 0.6 is 34.2 Å². The molecule has 0 heterocycles. The van der Waals surface area contributed by atoms with Crippen molar-refractivity contribution in [1.82, 2.24) is 0 Å². The smallest absolute Gasteiger partial charge is 0.165 e. The number of hydrogen-bond donors (Lipinski definition) is 1. The largest absolute Gasteiger partial charge is 0.399 e. The number of nitrogen functional groups attached to an aromatic ring is 1. The van der Waals surface area contributed by atoms with Crippen molar-refractivity contribution in [3.8, 4) is 0 Å². The molecule has 0 aliphatic heterocycles. The lowest BCUT2D eigenvalue weighted by Gasteiger charge is -2.02. The Labute approximate surface area is 95.6 Å². The molecule has 0 spiro atoms. The van der Waals surface area contributed by atoms with Gasteiger partial charge in [-0.25, -0.2) is 0 Å². The molecule has 0 atom stereocenters. The lowest BCUT2D eigenvalue weighted by molar-refractivity contribution is 0.0988. The van der Waals surface area contributed by atoms with E-state index in [0.29, 0.717) is 23.6 Å². The zero-order valence-electron chi connectivity index (χ0n) is 6.89. The summed E-state index contributed by atoms with van der Waals surface area (Å²) in [6.07, 6.45) is 0.376. The number of anilines is 1. The Balaban J connectivity index is 2.95. The van der Waals surface area contributed by atoms with Crippen molar-refractivity contribution >= 4 is 45.7 Å². The molecule has 0 saturated heterocycles. The van der Waals surface area contributed by atoms with Gasteiger partial charge in [0.2, 0.25) is 0 Å². The third-order valence-corrected chi connectivity index (χ3v) is 2.70. The third kappa shape index (κ3) is 2.84. The zero-order chi connectivity index (χ0) is 9.84. The molecule has 0 bridgehead atoms. The van der Waals surface area contributed by atoms with E-state index >= 15 is 0 Å². The maximum atomic E-state index is 11.4. The van der Waals surface area contributed by atoms with Crippen molar-refractivity contribution in [3.05, 3.63) is 27.3 Å². The average Bonchev–Trinajstić information content (AvgIpc) is 2.04. The number of rotatable bonds is 3. The van der Waals surface area contributed by atoms with E-state index in [9.17, 15) is 4.79 Å². The van der Waals surface area contributed by atoms with Crippen LogP contribution < -0.4 is 5.73 Å². The molecule has 0 fully saturated rings. The molecular weight excluding hydrogens is 300 g/mol. The quantitative estimate of drug-likeness (QED) is 0.404. The van der Waals surface area contributed by atoms with Gasteiger partial charge in [0.1, 0.15) is 0 Å². The van der Waals surface area contributed by atoms with E-state index in [-0.39, 0.29) is 5.78 Å². The second-order valence-electron chi connectivity index (χ2n) is 2.60. The summed E-state index contributed by atoms with van der Waals surface area (Å²) in [5, 5.41) is 0. The first-order chi connectivity index (χ1) is 6.15. The summed E-state index contributed by atoms with van der Waals surface area (Å²) in [5.41, 5.74) is 6.94. The number of carbonyl (C=O) groups is 1. The molecule has 70 valence electrons. The van der Waals surface area contributed by atoms with E-state index in [2.05, 4.69) is 22.6 Å². The highest BCUT2D eigenvalue weighted by Crippen LogP contribution is 2.17. The summed E-state index contributed by atoms with van der Waals surface area (Å²) in [6, 6.07) is 5.25. The summed E-state index contributed by atoms with van der Waals surface area (Å²) in [4.78, 5) is 11.4. The molecule has 0 unspecified atom stereocenters. The fourth-order valence-corrected chi connectivity index (χ4v) is 1.99. The van der Waals surface area contributed by atoms with Crippen LogP contribution in [0.15, 0.2) is 18.2 Å². The van der Waals surface area contributed by atoms with E-state index in [0.717, 1.165) is 3.57 Å². The van der Waals surface area contributed by atoms with Crippen molar-refractivity contribution in [2.45, 2.75) is 6.42 Å². The minimum Gasteiger partial charge on any atom is -0.399 e. The molecule has 13 heavy (non-hydrogen) atoms. The van der Waals surface area contributed by atoms with Crippen molar-refractivity contribution in [3.63, 3.8) is 0 Å². The monoisotopic (exact) mass is 309 g/mol. The number of nitrogens with two attached hydrogens (primary N) is 1. The van der Waals surface area contributed by atoms with Gasteiger partial charge in [0, 0.05) is 27.1 Å².